The number of anilines is 2. The fourth-order valence-electron chi connectivity index (χ4n) is 2.47. The van der Waals surface area contributed by atoms with Crippen molar-refractivity contribution in [3.63, 3.8) is 0 Å². The quantitative estimate of drug-likeness (QED) is 0.755. The van der Waals surface area contributed by atoms with E-state index in [1.807, 2.05) is 36.4 Å². The zero-order chi connectivity index (χ0) is 15.7. The van der Waals surface area contributed by atoms with Crippen LogP contribution in [0.4, 0.5) is 15.8 Å². The lowest BCUT2D eigenvalue weighted by molar-refractivity contribution is 0.0794. The molecule has 3 nitrogen and oxygen atoms in total. The van der Waals surface area contributed by atoms with Gasteiger partial charge >= 0.3 is 0 Å². The van der Waals surface area contributed by atoms with Crippen molar-refractivity contribution in [3.8, 4) is 0 Å². The third-order valence-electron chi connectivity index (χ3n) is 3.53. The summed E-state index contributed by atoms with van der Waals surface area (Å²) in [5.74, 6) is -0.332. The van der Waals surface area contributed by atoms with Crippen molar-refractivity contribution in [1.29, 1.82) is 0 Å². The summed E-state index contributed by atoms with van der Waals surface area (Å²) in [6.45, 7) is 3.48. The number of halogens is 1. The summed E-state index contributed by atoms with van der Waals surface area (Å²) in [5.41, 5.74) is 1.72. The van der Waals surface area contributed by atoms with Crippen LogP contribution in [0.5, 0.6) is 0 Å². The van der Waals surface area contributed by atoms with Crippen LogP contribution >= 0.6 is 0 Å². The van der Waals surface area contributed by atoms with Crippen LogP contribution in [0.1, 0.15) is 19.4 Å². The molecule has 2 N–H and O–H groups in total. The molecule has 1 heterocycles. The number of nitrogens with one attached hydrogen (secondary N) is 1. The van der Waals surface area contributed by atoms with Gasteiger partial charge in [0.25, 0.3) is 0 Å². The minimum atomic E-state index is -0.958. The average Bonchev–Trinajstić information content (AvgIpc) is 2.47. The molecule has 0 atom stereocenters. The van der Waals surface area contributed by atoms with Gasteiger partial charge in [-0.3, -0.25) is 4.98 Å². The molecule has 0 bridgehead atoms. The third-order valence-corrected chi connectivity index (χ3v) is 3.53. The molecular weight excluding hydrogens is 279 g/mol. The second-order valence-corrected chi connectivity index (χ2v) is 5.77. The lowest BCUT2D eigenvalue weighted by atomic mass is 9.96. The molecule has 0 aliphatic carbocycles. The second-order valence-electron chi connectivity index (χ2n) is 5.77. The number of nitrogens with zero attached hydrogens (tertiary/aromatic N) is 1. The van der Waals surface area contributed by atoms with Crippen LogP contribution in [0.2, 0.25) is 0 Å². The largest absolute Gasteiger partial charge is 0.386 e. The van der Waals surface area contributed by atoms with Gasteiger partial charge in [0.1, 0.15) is 11.3 Å². The topological polar surface area (TPSA) is 45.1 Å². The van der Waals surface area contributed by atoms with E-state index in [1.54, 1.807) is 26.1 Å². The Labute approximate surface area is 128 Å². The van der Waals surface area contributed by atoms with Gasteiger partial charge in [0, 0.05) is 16.6 Å². The van der Waals surface area contributed by atoms with Gasteiger partial charge in [-0.05, 0) is 32.0 Å². The highest BCUT2D eigenvalue weighted by Gasteiger charge is 2.19. The summed E-state index contributed by atoms with van der Waals surface area (Å²) in [6.07, 6.45) is 1.59. The van der Waals surface area contributed by atoms with Crippen LogP contribution in [0, 0.1) is 5.82 Å². The van der Waals surface area contributed by atoms with Crippen molar-refractivity contribution < 1.29 is 9.50 Å². The smallest absolute Gasteiger partial charge is 0.149 e. The van der Waals surface area contributed by atoms with E-state index in [0.29, 0.717) is 5.52 Å². The highest BCUT2D eigenvalue weighted by molar-refractivity contribution is 5.83. The Balaban J connectivity index is 2.01. The van der Waals surface area contributed by atoms with E-state index in [2.05, 4.69) is 10.3 Å². The predicted molar refractivity (Wildman–Crippen MR) is 86.7 cm³/mol. The standard InChI is InChI=1S/C18H17FN2O/c1-18(2,22)14-7-3-4-9-16(14)21-13-10-12-6-5-8-15(19)17(12)20-11-13/h3-11,21-22H,1-2H3. The summed E-state index contributed by atoms with van der Waals surface area (Å²) in [6, 6.07) is 14.3. The van der Waals surface area contributed by atoms with Crippen molar-refractivity contribution in [2.75, 3.05) is 5.32 Å². The first-order chi connectivity index (χ1) is 10.4. The van der Waals surface area contributed by atoms with Gasteiger partial charge in [-0.15, -0.1) is 0 Å². The molecule has 0 spiro atoms. The van der Waals surface area contributed by atoms with Gasteiger partial charge in [-0.2, -0.15) is 0 Å². The minimum Gasteiger partial charge on any atom is -0.386 e. The lowest BCUT2D eigenvalue weighted by Crippen LogP contribution is -2.17. The summed E-state index contributed by atoms with van der Waals surface area (Å²) >= 11 is 0. The fourth-order valence-corrected chi connectivity index (χ4v) is 2.47. The van der Waals surface area contributed by atoms with Crippen molar-refractivity contribution >= 4 is 22.3 Å². The zero-order valence-corrected chi connectivity index (χ0v) is 12.5. The van der Waals surface area contributed by atoms with E-state index >= 15 is 0 Å². The van der Waals surface area contributed by atoms with Gasteiger partial charge < -0.3 is 10.4 Å². The molecule has 3 aromatic rings. The van der Waals surface area contributed by atoms with E-state index in [1.165, 1.54) is 6.07 Å². The van der Waals surface area contributed by atoms with Crippen molar-refractivity contribution in [3.05, 3.63) is 66.1 Å². The molecular formula is C18H17FN2O. The van der Waals surface area contributed by atoms with Gasteiger partial charge in [-0.25, -0.2) is 4.39 Å². The molecule has 22 heavy (non-hydrogen) atoms. The maximum Gasteiger partial charge on any atom is 0.149 e. The highest BCUT2D eigenvalue weighted by atomic mass is 19.1. The Bertz CT molecular complexity index is 825. The summed E-state index contributed by atoms with van der Waals surface area (Å²) < 4.78 is 13.6. The van der Waals surface area contributed by atoms with E-state index in [4.69, 9.17) is 0 Å². The summed E-state index contributed by atoms with van der Waals surface area (Å²) in [4.78, 5) is 4.17. The van der Waals surface area contributed by atoms with Crippen LogP contribution < -0.4 is 5.32 Å². The van der Waals surface area contributed by atoms with Crippen LogP contribution in [0.15, 0.2) is 54.7 Å². The first-order valence-corrected chi connectivity index (χ1v) is 7.08. The number of para-hydroxylation sites is 2. The number of aliphatic hydroxyl groups is 1. The summed E-state index contributed by atoms with van der Waals surface area (Å²) in [7, 11) is 0. The van der Waals surface area contributed by atoms with E-state index in [9.17, 15) is 9.50 Å². The normalized spacial score (nSPS) is 11.6. The molecule has 0 saturated carbocycles. The first-order valence-electron chi connectivity index (χ1n) is 7.08. The molecule has 0 aliphatic rings. The predicted octanol–water partition coefficient (Wildman–Crippen LogP) is 4.34. The maximum absolute atomic E-state index is 13.6. The highest BCUT2D eigenvalue weighted by Crippen LogP contribution is 2.30. The van der Waals surface area contributed by atoms with Crippen LogP contribution in [0.25, 0.3) is 10.9 Å². The lowest BCUT2D eigenvalue weighted by Gasteiger charge is -2.22. The monoisotopic (exact) mass is 296 g/mol. The Morgan fingerprint density at radius 2 is 1.86 bits per heavy atom. The molecule has 4 heteroatoms. The number of fused-ring (bicyclic) bond motifs is 1. The van der Waals surface area contributed by atoms with E-state index < -0.39 is 5.60 Å². The third kappa shape index (κ3) is 2.78. The maximum atomic E-state index is 13.6. The Hall–Kier alpha value is -2.46. The molecule has 0 unspecified atom stereocenters. The van der Waals surface area contributed by atoms with Gasteiger partial charge in [-0.1, -0.05) is 30.3 Å². The molecule has 112 valence electrons. The molecule has 0 fully saturated rings. The molecule has 0 radical (unpaired) electrons. The van der Waals surface area contributed by atoms with E-state index in [0.717, 1.165) is 22.3 Å². The number of rotatable bonds is 3. The zero-order valence-electron chi connectivity index (χ0n) is 12.5. The molecule has 0 amide bonds. The van der Waals surface area contributed by atoms with Crippen molar-refractivity contribution in [1.82, 2.24) is 4.98 Å². The van der Waals surface area contributed by atoms with Gasteiger partial charge in [0.15, 0.2) is 0 Å². The SMILES string of the molecule is CC(C)(O)c1ccccc1Nc1cnc2c(F)cccc2c1. The number of aromatic nitrogens is 1. The minimum absolute atomic E-state index is 0.332. The molecule has 1 aromatic heterocycles. The molecule has 2 aromatic carbocycles. The van der Waals surface area contributed by atoms with Crippen LogP contribution in [0.3, 0.4) is 0 Å². The molecule has 0 aliphatic heterocycles. The number of benzene rings is 2. The summed E-state index contributed by atoms with van der Waals surface area (Å²) in [5, 5.41) is 14.2. The van der Waals surface area contributed by atoms with Gasteiger partial charge in [0.2, 0.25) is 0 Å². The van der Waals surface area contributed by atoms with Crippen LogP contribution in [-0.2, 0) is 5.60 Å². The van der Waals surface area contributed by atoms with Crippen molar-refractivity contribution in [2.24, 2.45) is 0 Å². The molecule has 0 saturated heterocycles. The van der Waals surface area contributed by atoms with Crippen molar-refractivity contribution in [2.45, 2.75) is 19.4 Å². The van der Waals surface area contributed by atoms with E-state index in [-0.39, 0.29) is 5.82 Å². The Morgan fingerprint density at radius 3 is 2.64 bits per heavy atom. The second kappa shape index (κ2) is 5.39. The van der Waals surface area contributed by atoms with Crippen LogP contribution in [-0.4, -0.2) is 10.1 Å². The number of pyridine rings is 1. The number of hydrogen-bond acceptors (Lipinski definition) is 3. The molecule has 3 rings (SSSR count). The Morgan fingerprint density at radius 1 is 1.09 bits per heavy atom. The first kappa shape index (κ1) is 14.5. The van der Waals surface area contributed by atoms with Gasteiger partial charge in [0.05, 0.1) is 17.5 Å². The fraction of sp³-hybridized carbons (Fsp3) is 0.167. The average molecular weight is 296 g/mol. The Kier molecular flexibility index (Phi) is 3.54. The number of hydrogen-bond donors (Lipinski definition) is 2.